The van der Waals surface area contributed by atoms with Gasteiger partial charge in [-0.2, -0.15) is 5.26 Å². The summed E-state index contributed by atoms with van der Waals surface area (Å²) in [7, 11) is 3.46. The van der Waals surface area contributed by atoms with Crippen LogP contribution < -0.4 is 10.6 Å². The summed E-state index contributed by atoms with van der Waals surface area (Å²) in [5, 5.41) is 8.83. The van der Waals surface area contributed by atoms with Crippen molar-refractivity contribution in [1.29, 1.82) is 5.26 Å². The molecule has 1 rings (SSSR count). The summed E-state index contributed by atoms with van der Waals surface area (Å²) in [6, 6.07) is 7.20. The summed E-state index contributed by atoms with van der Waals surface area (Å²) in [6.45, 7) is 3.08. The van der Waals surface area contributed by atoms with Crippen molar-refractivity contribution in [3.05, 3.63) is 23.8 Å². The van der Waals surface area contributed by atoms with Crippen LogP contribution >= 0.6 is 0 Å². The Morgan fingerprint density at radius 3 is 2.58 bits per heavy atom. The molecule has 0 unspecified atom stereocenters. The number of likely N-dealkylation sites (N-methyl/N-ethyl adjacent to an activating group) is 1. The van der Waals surface area contributed by atoms with Gasteiger partial charge in [0.2, 0.25) is 5.91 Å². The number of hydrogen-bond donors (Lipinski definition) is 1. The molecule has 19 heavy (non-hydrogen) atoms. The zero-order valence-corrected chi connectivity index (χ0v) is 11.7. The minimum atomic E-state index is 0.0252. The van der Waals surface area contributed by atoms with Gasteiger partial charge in [-0.05, 0) is 24.6 Å². The molecule has 0 atom stereocenters. The summed E-state index contributed by atoms with van der Waals surface area (Å²) < 4.78 is 0. The first kappa shape index (κ1) is 14.8. The third kappa shape index (κ3) is 3.88. The molecule has 2 N–H and O–H groups in total. The highest BCUT2D eigenvalue weighted by Gasteiger charge is 2.14. The first-order valence-corrected chi connectivity index (χ1v) is 6.24. The smallest absolute Gasteiger partial charge is 0.241 e. The van der Waals surface area contributed by atoms with E-state index in [9.17, 15) is 4.79 Å². The first-order valence-electron chi connectivity index (χ1n) is 6.24. The lowest BCUT2D eigenvalue weighted by Crippen LogP contribution is -2.37. The maximum absolute atomic E-state index is 11.8. The molecule has 0 heterocycles. The van der Waals surface area contributed by atoms with Gasteiger partial charge in [0.05, 0.1) is 29.6 Å². The van der Waals surface area contributed by atoms with Crippen LogP contribution in [0.2, 0.25) is 0 Å². The SMILES string of the molecule is CCCN(CC(=O)N(C)C)c1ccc(C#N)cc1N. The normalized spacial score (nSPS) is 9.79. The second-order valence-corrected chi connectivity index (χ2v) is 4.60. The molecular weight excluding hydrogens is 240 g/mol. The third-order valence-electron chi connectivity index (χ3n) is 2.82. The van der Waals surface area contributed by atoms with Crippen LogP contribution in [0.25, 0.3) is 0 Å². The quantitative estimate of drug-likeness (QED) is 0.813. The molecule has 0 saturated carbocycles. The Labute approximate surface area is 114 Å². The van der Waals surface area contributed by atoms with Crippen LogP contribution in [-0.4, -0.2) is 38.0 Å². The maximum Gasteiger partial charge on any atom is 0.241 e. The highest BCUT2D eigenvalue weighted by atomic mass is 16.2. The second kappa shape index (κ2) is 6.64. The minimum Gasteiger partial charge on any atom is -0.397 e. The fourth-order valence-corrected chi connectivity index (χ4v) is 1.77. The average Bonchev–Trinajstić information content (AvgIpc) is 2.37. The number of benzene rings is 1. The molecule has 0 radical (unpaired) electrons. The molecule has 0 fully saturated rings. The summed E-state index contributed by atoms with van der Waals surface area (Å²) in [5.74, 6) is 0.0252. The number of rotatable bonds is 5. The van der Waals surface area contributed by atoms with E-state index in [2.05, 4.69) is 6.07 Å². The van der Waals surface area contributed by atoms with Crippen LogP contribution in [0, 0.1) is 11.3 Å². The zero-order valence-electron chi connectivity index (χ0n) is 11.7. The lowest BCUT2D eigenvalue weighted by molar-refractivity contribution is -0.127. The van der Waals surface area contributed by atoms with Crippen molar-refractivity contribution in [1.82, 2.24) is 4.90 Å². The molecule has 1 aromatic carbocycles. The largest absolute Gasteiger partial charge is 0.397 e. The number of carbonyl (C=O) groups is 1. The Balaban J connectivity index is 2.99. The van der Waals surface area contributed by atoms with Gasteiger partial charge in [-0.3, -0.25) is 4.79 Å². The number of anilines is 2. The van der Waals surface area contributed by atoms with Crippen molar-refractivity contribution >= 4 is 17.3 Å². The topological polar surface area (TPSA) is 73.4 Å². The highest BCUT2D eigenvalue weighted by Crippen LogP contribution is 2.24. The van der Waals surface area contributed by atoms with Gasteiger partial charge >= 0.3 is 0 Å². The van der Waals surface area contributed by atoms with Crippen molar-refractivity contribution in [3.8, 4) is 6.07 Å². The van der Waals surface area contributed by atoms with Crippen LogP contribution in [0.3, 0.4) is 0 Å². The van der Waals surface area contributed by atoms with Gasteiger partial charge in [-0.1, -0.05) is 6.92 Å². The van der Waals surface area contributed by atoms with Gasteiger partial charge in [0.1, 0.15) is 0 Å². The van der Waals surface area contributed by atoms with Crippen molar-refractivity contribution in [2.75, 3.05) is 37.8 Å². The standard InChI is InChI=1S/C14H20N4O/c1-4-7-18(10-14(19)17(2)3)13-6-5-11(9-15)8-12(13)16/h5-6,8H,4,7,10,16H2,1-3H3. The maximum atomic E-state index is 11.8. The van der Waals surface area contributed by atoms with Gasteiger partial charge in [0.15, 0.2) is 0 Å². The lowest BCUT2D eigenvalue weighted by atomic mass is 10.1. The molecule has 0 aliphatic heterocycles. The van der Waals surface area contributed by atoms with Gasteiger partial charge in [0, 0.05) is 20.6 Å². The molecule has 0 bridgehead atoms. The fourth-order valence-electron chi connectivity index (χ4n) is 1.77. The predicted molar refractivity (Wildman–Crippen MR) is 76.8 cm³/mol. The fraction of sp³-hybridized carbons (Fsp3) is 0.429. The van der Waals surface area contributed by atoms with Crippen LogP contribution in [-0.2, 0) is 4.79 Å². The van der Waals surface area contributed by atoms with Crippen molar-refractivity contribution in [2.45, 2.75) is 13.3 Å². The number of hydrogen-bond acceptors (Lipinski definition) is 4. The number of nitrogens with zero attached hydrogens (tertiary/aromatic N) is 3. The van der Waals surface area contributed by atoms with E-state index >= 15 is 0 Å². The number of nitriles is 1. The number of nitrogen functional groups attached to an aromatic ring is 1. The number of amides is 1. The molecule has 0 aromatic heterocycles. The monoisotopic (exact) mass is 260 g/mol. The van der Waals surface area contributed by atoms with E-state index in [4.69, 9.17) is 11.0 Å². The zero-order chi connectivity index (χ0) is 14.4. The highest BCUT2D eigenvalue weighted by molar-refractivity contribution is 5.83. The Hall–Kier alpha value is -2.22. The lowest BCUT2D eigenvalue weighted by Gasteiger charge is -2.26. The first-order chi connectivity index (χ1) is 8.99. The van der Waals surface area contributed by atoms with E-state index in [1.165, 1.54) is 0 Å². The Morgan fingerprint density at radius 2 is 2.11 bits per heavy atom. The van der Waals surface area contributed by atoms with Crippen LogP contribution in [0.15, 0.2) is 18.2 Å². The third-order valence-corrected chi connectivity index (χ3v) is 2.82. The van der Waals surface area contributed by atoms with Crippen molar-refractivity contribution in [3.63, 3.8) is 0 Å². The average molecular weight is 260 g/mol. The molecule has 1 amide bonds. The van der Waals surface area contributed by atoms with Crippen molar-refractivity contribution in [2.24, 2.45) is 0 Å². The van der Waals surface area contributed by atoms with E-state index in [1.54, 1.807) is 37.2 Å². The Morgan fingerprint density at radius 1 is 1.42 bits per heavy atom. The molecular formula is C14H20N4O. The van der Waals surface area contributed by atoms with E-state index < -0.39 is 0 Å². The Bertz CT molecular complexity index is 491. The van der Waals surface area contributed by atoms with Gasteiger partial charge in [0.25, 0.3) is 0 Å². The van der Waals surface area contributed by atoms with Gasteiger partial charge in [-0.15, -0.1) is 0 Å². The molecule has 5 nitrogen and oxygen atoms in total. The van der Waals surface area contributed by atoms with E-state index in [0.717, 1.165) is 18.7 Å². The molecule has 0 aliphatic rings. The molecule has 0 spiro atoms. The molecule has 5 heteroatoms. The molecule has 102 valence electrons. The van der Waals surface area contributed by atoms with Crippen LogP contribution in [0.4, 0.5) is 11.4 Å². The van der Waals surface area contributed by atoms with Gasteiger partial charge < -0.3 is 15.5 Å². The molecule has 1 aromatic rings. The van der Waals surface area contributed by atoms with Crippen LogP contribution in [0.1, 0.15) is 18.9 Å². The summed E-state index contributed by atoms with van der Waals surface area (Å²) >= 11 is 0. The van der Waals surface area contributed by atoms with E-state index in [0.29, 0.717) is 11.3 Å². The summed E-state index contributed by atoms with van der Waals surface area (Å²) in [5.41, 5.74) is 7.82. The van der Waals surface area contributed by atoms with E-state index in [-0.39, 0.29) is 12.5 Å². The number of carbonyl (C=O) groups excluding carboxylic acids is 1. The van der Waals surface area contributed by atoms with Gasteiger partial charge in [-0.25, -0.2) is 0 Å². The Kier molecular flexibility index (Phi) is 5.19. The number of nitrogens with two attached hydrogens (primary N) is 1. The summed E-state index contributed by atoms with van der Waals surface area (Å²) in [4.78, 5) is 15.3. The minimum absolute atomic E-state index is 0.0252. The predicted octanol–water partition coefficient (Wildman–Crippen LogP) is 1.45. The summed E-state index contributed by atoms with van der Waals surface area (Å²) in [6.07, 6.45) is 0.917. The molecule has 0 aliphatic carbocycles. The second-order valence-electron chi connectivity index (χ2n) is 4.60. The van der Waals surface area contributed by atoms with Crippen LogP contribution in [0.5, 0.6) is 0 Å². The molecule has 0 saturated heterocycles. The van der Waals surface area contributed by atoms with Crippen molar-refractivity contribution < 1.29 is 4.79 Å². The van der Waals surface area contributed by atoms with E-state index in [1.807, 2.05) is 11.8 Å².